The highest BCUT2D eigenvalue weighted by Gasteiger charge is 2.30. The first kappa shape index (κ1) is 10.4. The van der Waals surface area contributed by atoms with Gasteiger partial charge in [-0.2, -0.15) is 0 Å². The molecular formula is C11H13BrOS. The standard InChI is InChI=1S/C11H13BrOS/c1-7-8(2-3-11(7)13)4-10-5-9(12)6-14-10/h5-8H,2-4H2,1H3. The Morgan fingerprint density at radius 3 is 2.93 bits per heavy atom. The van der Waals surface area contributed by atoms with Crippen LogP contribution in [0.25, 0.3) is 0 Å². The molecule has 0 radical (unpaired) electrons. The van der Waals surface area contributed by atoms with E-state index in [0.717, 1.165) is 23.7 Å². The average Bonchev–Trinajstić information content (AvgIpc) is 2.67. The smallest absolute Gasteiger partial charge is 0.136 e. The maximum Gasteiger partial charge on any atom is 0.136 e. The number of hydrogen-bond donors (Lipinski definition) is 0. The summed E-state index contributed by atoms with van der Waals surface area (Å²) >= 11 is 5.23. The number of ketones is 1. The molecule has 76 valence electrons. The summed E-state index contributed by atoms with van der Waals surface area (Å²) < 4.78 is 1.16. The van der Waals surface area contributed by atoms with Crippen molar-refractivity contribution in [1.29, 1.82) is 0 Å². The monoisotopic (exact) mass is 272 g/mol. The average molecular weight is 273 g/mol. The molecule has 3 heteroatoms. The third-order valence-corrected chi connectivity index (χ3v) is 4.78. The first-order chi connectivity index (χ1) is 6.66. The zero-order valence-electron chi connectivity index (χ0n) is 8.13. The lowest BCUT2D eigenvalue weighted by molar-refractivity contribution is -0.120. The molecule has 1 fully saturated rings. The van der Waals surface area contributed by atoms with Gasteiger partial charge in [-0.15, -0.1) is 11.3 Å². The molecular weight excluding hydrogens is 260 g/mol. The molecule has 0 N–H and O–H groups in total. The lowest BCUT2D eigenvalue weighted by Crippen LogP contribution is -2.12. The van der Waals surface area contributed by atoms with Gasteiger partial charge < -0.3 is 0 Å². The van der Waals surface area contributed by atoms with E-state index in [1.807, 2.05) is 0 Å². The molecule has 0 spiro atoms. The first-order valence-corrected chi connectivity index (χ1v) is 6.59. The van der Waals surface area contributed by atoms with Crippen molar-refractivity contribution < 1.29 is 4.79 Å². The molecule has 1 aromatic rings. The minimum Gasteiger partial charge on any atom is -0.299 e. The number of carbonyl (C=O) groups excluding carboxylic acids is 1. The quantitative estimate of drug-likeness (QED) is 0.803. The van der Waals surface area contributed by atoms with Gasteiger partial charge in [0, 0.05) is 27.1 Å². The van der Waals surface area contributed by atoms with E-state index in [1.54, 1.807) is 11.3 Å². The zero-order chi connectivity index (χ0) is 10.1. The fourth-order valence-corrected chi connectivity index (χ4v) is 3.61. The summed E-state index contributed by atoms with van der Waals surface area (Å²) in [4.78, 5) is 12.8. The molecule has 0 amide bonds. The van der Waals surface area contributed by atoms with Crippen LogP contribution in [0.4, 0.5) is 0 Å². The molecule has 0 saturated heterocycles. The van der Waals surface area contributed by atoms with E-state index in [0.29, 0.717) is 11.7 Å². The van der Waals surface area contributed by atoms with Gasteiger partial charge in [-0.3, -0.25) is 4.79 Å². The predicted octanol–water partition coefficient (Wildman–Crippen LogP) is 3.67. The predicted molar refractivity (Wildman–Crippen MR) is 62.6 cm³/mol. The van der Waals surface area contributed by atoms with E-state index in [2.05, 4.69) is 34.3 Å². The highest BCUT2D eigenvalue weighted by atomic mass is 79.9. The number of carbonyl (C=O) groups is 1. The summed E-state index contributed by atoms with van der Waals surface area (Å²) in [6.45, 7) is 2.07. The Kier molecular flexibility index (Phi) is 3.07. The number of Topliss-reactive ketones (excluding diaryl/α,β-unsaturated/α-hetero) is 1. The van der Waals surface area contributed by atoms with Gasteiger partial charge in [-0.05, 0) is 40.8 Å². The molecule has 1 nitrogen and oxygen atoms in total. The van der Waals surface area contributed by atoms with E-state index in [4.69, 9.17) is 0 Å². The second-order valence-electron chi connectivity index (χ2n) is 3.99. The minimum atomic E-state index is 0.274. The third kappa shape index (κ3) is 2.09. The fourth-order valence-electron chi connectivity index (χ4n) is 2.07. The number of halogens is 1. The van der Waals surface area contributed by atoms with Crippen LogP contribution in [-0.4, -0.2) is 5.78 Å². The second-order valence-corrected chi connectivity index (χ2v) is 5.90. The molecule has 1 aromatic heterocycles. The molecule has 0 aliphatic heterocycles. The molecule has 1 heterocycles. The van der Waals surface area contributed by atoms with E-state index in [-0.39, 0.29) is 5.92 Å². The molecule has 2 unspecified atom stereocenters. The van der Waals surface area contributed by atoms with Crippen molar-refractivity contribution in [2.45, 2.75) is 26.2 Å². The Hall–Kier alpha value is -0.150. The van der Waals surface area contributed by atoms with Crippen LogP contribution >= 0.6 is 27.3 Å². The van der Waals surface area contributed by atoms with Crippen LogP contribution in [0.2, 0.25) is 0 Å². The second kappa shape index (κ2) is 4.15. The highest BCUT2D eigenvalue weighted by Crippen LogP contribution is 2.33. The van der Waals surface area contributed by atoms with Gasteiger partial charge in [0.25, 0.3) is 0 Å². The topological polar surface area (TPSA) is 17.1 Å². The van der Waals surface area contributed by atoms with E-state index < -0.39 is 0 Å². The number of hydrogen-bond acceptors (Lipinski definition) is 2. The maximum absolute atomic E-state index is 11.4. The van der Waals surface area contributed by atoms with E-state index in [9.17, 15) is 4.79 Å². The van der Waals surface area contributed by atoms with Crippen LogP contribution < -0.4 is 0 Å². The Morgan fingerprint density at radius 1 is 1.64 bits per heavy atom. The fraction of sp³-hybridized carbons (Fsp3) is 0.545. The Morgan fingerprint density at radius 2 is 2.43 bits per heavy atom. The Bertz CT molecular complexity index is 345. The van der Waals surface area contributed by atoms with Crippen LogP contribution in [-0.2, 0) is 11.2 Å². The van der Waals surface area contributed by atoms with Crippen LogP contribution in [0, 0.1) is 11.8 Å². The molecule has 0 bridgehead atoms. The van der Waals surface area contributed by atoms with Crippen molar-refractivity contribution >= 4 is 33.0 Å². The van der Waals surface area contributed by atoms with E-state index >= 15 is 0 Å². The lowest BCUT2D eigenvalue weighted by atomic mass is 9.94. The largest absolute Gasteiger partial charge is 0.299 e. The molecule has 1 saturated carbocycles. The highest BCUT2D eigenvalue weighted by molar-refractivity contribution is 9.10. The normalized spacial score (nSPS) is 27.1. The summed E-state index contributed by atoms with van der Waals surface area (Å²) in [5, 5.41) is 2.11. The summed E-state index contributed by atoms with van der Waals surface area (Å²) in [5.41, 5.74) is 0. The van der Waals surface area contributed by atoms with Crippen molar-refractivity contribution in [1.82, 2.24) is 0 Å². The van der Waals surface area contributed by atoms with Gasteiger partial charge >= 0.3 is 0 Å². The third-order valence-electron chi connectivity index (χ3n) is 3.06. The summed E-state index contributed by atoms with van der Waals surface area (Å²) in [6.07, 6.45) is 2.94. The molecule has 0 aromatic carbocycles. The Balaban J connectivity index is 2.02. The van der Waals surface area contributed by atoms with Gasteiger partial charge in [0.1, 0.15) is 5.78 Å². The van der Waals surface area contributed by atoms with E-state index in [1.165, 1.54) is 4.88 Å². The summed E-state index contributed by atoms with van der Waals surface area (Å²) in [5.74, 6) is 1.30. The lowest BCUT2D eigenvalue weighted by Gasteiger charge is -2.11. The molecule has 14 heavy (non-hydrogen) atoms. The zero-order valence-corrected chi connectivity index (χ0v) is 10.5. The van der Waals surface area contributed by atoms with Crippen molar-refractivity contribution in [3.05, 3.63) is 20.8 Å². The van der Waals surface area contributed by atoms with Crippen LogP contribution in [0.15, 0.2) is 15.9 Å². The number of rotatable bonds is 2. The summed E-state index contributed by atoms with van der Waals surface area (Å²) in [6, 6.07) is 2.17. The molecule has 2 atom stereocenters. The van der Waals surface area contributed by atoms with Gasteiger partial charge in [0.2, 0.25) is 0 Å². The Labute approximate surface area is 96.6 Å². The van der Waals surface area contributed by atoms with Crippen molar-refractivity contribution in [2.75, 3.05) is 0 Å². The van der Waals surface area contributed by atoms with Crippen LogP contribution in [0.1, 0.15) is 24.6 Å². The first-order valence-electron chi connectivity index (χ1n) is 4.92. The van der Waals surface area contributed by atoms with Gasteiger partial charge in [0.15, 0.2) is 0 Å². The van der Waals surface area contributed by atoms with Gasteiger partial charge in [-0.25, -0.2) is 0 Å². The summed E-state index contributed by atoms with van der Waals surface area (Å²) in [7, 11) is 0. The van der Waals surface area contributed by atoms with Gasteiger partial charge in [0.05, 0.1) is 0 Å². The SMILES string of the molecule is CC1C(=O)CCC1Cc1cc(Br)cs1. The maximum atomic E-state index is 11.4. The minimum absolute atomic E-state index is 0.274. The van der Waals surface area contributed by atoms with Crippen molar-refractivity contribution in [3.8, 4) is 0 Å². The molecule has 1 aliphatic carbocycles. The molecule has 1 aliphatic rings. The van der Waals surface area contributed by atoms with Crippen LogP contribution in [0.3, 0.4) is 0 Å². The number of thiophene rings is 1. The van der Waals surface area contributed by atoms with Crippen molar-refractivity contribution in [2.24, 2.45) is 11.8 Å². The van der Waals surface area contributed by atoms with Gasteiger partial charge in [-0.1, -0.05) is 6.92 Å². The molecule has 2 rings (SSSR count). The van der Waals surface area contributed by atoms with Crippen molar-refractivity contribution in [3.63, 3.8) is 0 Å². The van der Waals surface area contributed by atoms with Crippen LogP contribution in [0.5, 0.6) is 0 Å².